The summed E-state index contributed by atoms with van der Waals surface area (Å²) in [7, 11) is 0. The standard InChI is InChI=1S/C16H20N4O3/c1-12(19-10-4-2-3-5-11-19)15-17-18-16(23-15)13-6-8-14(9-7-13)20(21)22/h6-9,12H,2-5,10-11H2,1H3/t12-/m0/s1. The van der Waals surface area contributed by atoms with Crippen LogP contribution in [0.15, 0.2) is 28.7 Å². The Bertz CT molecular complexity index is 660. The van der Waals surface area contributed by atoms with Crippen molar-refractivity contribution in [1.82, 2.24) is 15.1 Å². The van der Waals surface area contributed by atoms with Gasteiger partial charge >= 0.3 is 0 Å². The number of nitro benzene ring substituents is 1. The highest BCUT2D eigenvalue weighted by Crippen LogP contribution is 2.26. The van der Waals surface area contributed by atoms with Crippen LogP contribution in [0.3, 0.4) is 0 Å². The van der Waals surface area contributed by atoms with E-state index in [-0.39, 0.29) is 11.7 Å². The molecule has 1 saturated heterocycles. The van der Waals surface area contributed by atoms with Crippen LogP contribution in [-0.2, 0) is 0 Å². The number of aromatic nitrogens is 2. The second-order valence-corrected chi connectivity index (χ2v) is 5.88. The molecule has 1 aromatic carbocycles. The van der Waals surface area contributed by atoms with E-state index < -0.39 is 4.92 Å². The maximum absolute atomic E-state index is 10.7. The third-order valence-electron chi connectivity index (χ3n) is 4.31. The van der Waals surface area contributed by atoms with Gasteiger partial charge in [0.1, 0.15) is 0 Å². The molecule has 1 fully saturated rings. The van der Waals surface area contributed by atoms with Crippen LogP contribution >= 0.6 is 0 Å². The Balaban J connectivity index is 1.75. The number of rotatable bonds is 4. The van der Waals surface area contributed by atoms with Gasteiger partial charge in [0.05, 0.1) is 11.0 Å². The quantitative estimate of drug-likeness (QED) is 0.633. The van der Waals surface area contributed by atoms with Crippen molar-refractivity contribution in [1.29, 1.82) is 0 Å². The molecule has 0 amide bonds. The molecule has 7 nitrogen and oxygen atoms in total. The van der Waals surface area contributed by atoms with Crippen molar-refractivity contribution in [2.75, 3.05) is 13.1 Å². The fourth-order valence-corrected chi connectivity index (χ4v) is 2.88. The maximum Gasteiger partial charge on any atom is 0.269 e. The first-order valence-electron chi connectivity index (χ1n) is 7.97. The highest BCUT2D eigenvalue weighted by atomic mass is 16.6. The summed E-state index contributed by atoms with van der Waals surface area (Å²) in [4.78, 5) is 12.6. The minimum atomic E-state index is -0.426. The molecular weight excluding hydrogens is 296 g/mol. The average molecular weight is 316 g/mol. The molecule has 2 aromatic rings. The minimum absolute atomic E-state index is 0.0476. The van der Waals surface area contributed by atoms with Crippen molar-refractivity contribution in [3.63, 3.8) is 0 Å². The average Bonchev–Trinajstić information content (AvgIpc) is 2.90. The van der Waals surface area contributed by atoms with Crippen molar-refractivity contribution in [3.05, 3.63) is 40.3 Å². The van der Waals surface area contributed by atoms with Gasteiger partial charge in [0.2, 0.25) is 11.8 Å². The third kappa shape index (κ3) is 3.56. The molecule has 0 aliphatic carbocycles. The molecular formula is C16H20N4O3. The molecule has 0 unspecified atom stereocenters. The second-order valence-electron chi connectivity index (χ2n) is 5.88. The van der Waals surface area contributed by atoms with E-state index in [1.165, 1.54) is 37.8 Å². The second kappa shape index (κ2) is 6.87. The van der Waals surface area contributed by atoms with Crippen LogP contribution in [0.2, 0.25) is 0 Å². The number of nitrogens with zero attached hydrogens (tertiary/aromatic N) is 4. The predicted molar refractivity (Wildman–Crippen MR) is 84.8 cm³/mol. The topological polar surface area (TPSA) is 85.3 Å². The molecule has 1 atom stereocenters. The summed E-state index contributed by atoms with van der Waals surface area (Å²) in [6.45, 7) is 4.19. The Morgan fingerprint density at radius 2 is 1.78 bits per heavy atom. The molecule has 23 heavy (non-hydrogen) atoms. The Morgan fingerprint density at radius 3 is 2.39 bits per heavy atom. The van der Waals surface area contributed by atoms with Crippen LogP contribution < -0.4 is 0 Å². The third-order valence-corrected chi connectivity index (χ3v) is 4.31. The summed E-state index contributed by atoms with van der Waals surface area (Å²) >= 11 is 0. The highest BCUT2D eigenvalue weighted by molar-refractivity contribution is 5.55. The van der Waals surface area contributed by atoms with E-state index in [2.05, 4.69) is 22.0 Å². The zero-order valence-electron chi connectivity index (χ0n) is 13.1. The number of nitro groups is 1. The van der Waals surface area contributed by atoms with E-state index >= 15 is 0 Å². The lowest BCUT2D eigenvalue weighted by Gasteiger charge is -2.24. The zero-order chi connectivity index (χ0) is 16.2. The van der Waals surface area contributed by atoms with Gasteiger partial charge in [-0.05, 0) is 45.0 Å². The molecule has 0 saturated carbocycles. The smallest absolute Gasteiger partial charge is 0.269 e. The largest absolute Gasteiger partial charge is 0.419 e. The van der Waals surface area contributed by atoms with Crippen LogP contribution in [0.5, 0.6) is 0 Å². The molecule has 3 rings (SSSR count). The fraction of sp³-hybridized carbons (Fsp3) is 0.500. The first-order valence-corrected chi connectivity index (χ1v) is 7.97. The molecule has 1 aromatic heterocycles. The van der Waals surface area contributed by atoms with E-state index in [0.29, 0.717) is 17.3 Å². The van der Waals surface area contributed by atoms with Gasteiger partial charge < -0.3 is 4.42 Å². The van der Waals surface area contributed by atoms with Crippen LogP contribution in [-0.4, -0.2) is 33.1 Å². The Hall–Kier alpha value is -2.28. The first kappa shape index (κ1) is 15.6. The number of benzene rings is 1. The van der Waals surface area contributed by atoms with E-state index in [1.807, 2.05) is 0 Å². The van der Waals surface area contributed by atoms with Gasteiger partial charge in [0.15, 0.2) is 0 Å². The van der Waals surface area contributed by atoms with E-state index in [1.54, 1.807) is 12.1 Å². The molecule has 0 N–H and O–H groups in total. The SMILES string of the molecule is C[C@@H](c1nnc(-c2ccc([N+](=O)[O-])cc2)o1)N1CCCCCC1. The van der Waals surface area contributed by atoms with Gasteiger partial charge in [-0.1, -0.05) is 12.8 Å². The van der Waals surface area contributed by atoms with E-state index in [4.69, 9.17) is 4.42 Å². The number of non-ortho nitro benzene ring substituents is 1. The lowest BCUT2D eigenvalue weighted by atomic mass is 10.2. The van der Waals surface area contributed by atoms with Crippen molar-refractivity contribution in [2.24, 2.45) is 0 Å². The molecule has 1 aliphatic heterocycles. The molecule has 2 heterocycles. The normalized spacial score (nSPS) is 17.6. The number of likely N-dealkylation sites (tertiary alicyclic amines) is 1. The summed E-state index contributed by atoms with van der Waals surface area (Å²) in [6, 6.07) is 6.24. The van der Waals surface area contributed by atoms with Crippen molar-refractivity contribution in [3.8, 4) is 11.5 Å². The van der Waals surface area contributed by atoms with Crippen LogP contribution in [0.25, 0.3) is 11.5 Å². The van der Waals surface area contributed by atoms with Gasteiger partial charge in [0.25, 0.3) is 5.69 Å². The molecule has 1 aliphatic rings. The van der Waals surface area contributed by atoms with Gasteiger partial charge in [0, 0.05) is 17.7 Å². The summed E-state index contributed by atoms with van der Waals surface area (Å²) in [5.41, 5.74) is 0.740. The lowest BCUT2D eigenvalue weighted by molar-refractivity contribution is -0.384. The minimum Gasteiger partial charge on any atom is -0.419 e. The van der Waals surface area contributed by atoms with Crippen molar-refractivity contribution < 1.29 is 9.34 Å². The van der Waals surface area contributed by atoms with Crippen LogP contribution in [0.1, 0.15) is 44.5 Å². The van der Waals surface area contributed by atoms with Crippen LogP contribution in [0.4, 0.5) is 5.69 Å². The van der Waals surface area contributed by atoms with Gasteiger partial charge in [-0.25, -0.2) is 0 Å². The predicted octanol–water partition coefficient (Wildman–Crippen LogP) is 3.58. The van der Waals surface area contributed by atoms with Crippen molar-refractivity contribution >= 4 is 5.69 Å². The molecule has 122 valence electrons. The Morgan fingerprint density at radius 1 is 1.13 bits per heavy atom. The van der Waals surface area contributed by atoms with Gasteiger partial charge in [-0.3, -0.25) is 15.0 Å². The van der Waals surface area contributed by atoms with Crippen molar-refractivity contribution in [2.45, 2.75) is 38.6 Å². The van der Waals surface area contributed by atoms with E-state index in [0.717, 1.165) is 13.1 Å². The maximum atomic E-state index is 10.7. The van der Waals surface area contributed by atoms with Crippen LogP contribution in [0, 0.1) is 10.1 Å². The summed E-state index contributed by atoms with van der Waals surface area (Å²) in [5, 5.41) is 18.9. The number of hydrogen-bond donors (Lipinski definition) is 0. The number of hydrogen-bond acceptors (Lipinski definition) is 6. The monoisotopic (exact) mass is 316 g/mol. The molecule has 0 bridgehead atoms. The Kier molecular flexibility index (Phi) is 4.66. The summed E-state index contributed by atoms with van der Waals surface area (Å²) in [5.74, 6) is 0.997. The lowest BCUT2D eigenvalue weighted by Crippen LogP contribution is -2.28. The van der Waals surface area contributed by atoms with E-state index in [9.17, 15) is 10.1 Å². The summed E-state index contributed by atoms with van der Waals surface area (Å²) in [6.07, 6.45) is 4.96. The molecule has 0 radical (unpaired) electrons. The fourth-order valence-electron chi connectivity index (χ4n) is 2.88. The van der Waals surface area contributed by atoms with Gasteiger partial charge in [-0.2, -0.15) is 0 Å². The molecule has 0 spiro atoms. The Labute approximate surface area is 134 Å². The molecule has 7 heteroatoms. The summed E-state index contributed by atoms with van der Waals surface area (Å²) < 4.78 is 5.79. The first-order chi connectivity index (χ1) is 11.1. The zero-order valence-corrected chi connectivity index (χ0v) is 13.1. The van der Waals surface area contributed by atoms with Gasteiger partial charge in [-0.15, -0.1) is 10.2 Å². The highest BCUT2D eigenvalue weighted by Gasteiger charge is 2.22.